The Labute approximate surface area is 76.3 Å². The second-order valence-electron chi connectivity index (χ2n) is 3.48. The maximum atomic E-state index is 12.3. The van der Waals surface area contributed by atoms with Gasteiger partial charge in [0.05, 0.1) is 0 Å². The summed E-state index contributed by atoms with van der Waals surface area (Å²) in [6.07, 6.45) is 0.764. The molecule has 0 atom stereocenters. The van der Waals surface area contributed by atoms with Gasteiger partial charge in [-0.2, -0.15) is 8.78 Å². The Morgan fingerprint density at radius 2 is 2.00 bits per heavy atom. The Balaban J connectivity index is 4.32. The average Bonchev–Trinajstić information content (AvgIpc) is 1.82. The highest BCUT2D eigenvalue weighted by molar-refractivity contribution is 5.90. The van der Waals surface area contributed by atoms with Crippen LogP contribution in [-0.4, -0.2) is 16.8 Å². The van der Waals surface area contributed by atoms with Crippen molar-refractivity contribution in [1.29, 1.82) is 0 Å². The Hall–Kier alpha value is -0.930. The summed E-state index contributed by atoms with van der Waals surface area (Å²) in [5, 5.41) is 8.76. The van der Waals surface area contributed by atoms with Gasteiger partial charge < -0.3 is 5.11 Å². The van der Waals surface area contributed by atoms with E-state index in [4.69, 9.17) is 5.11 Å². The topological polar surface area (TPSA) is 37.3 Å². The van der Waals surface area contributed by atoms with Crippen LogP contribution in [0.15, 0.2) is 11.8 Å². The second-order valence-corrected chi connectivity index (χ2v) is 3.48. The molecular weight excluding hydrogens is 178 g/mol. The molecular formula is C9H14F2O2. The van der Waals surface area contributed by atoms with Crippen LogP contribution >= 0.6 is 0 Å². The molecule has 2 nitrogen and oxygen atoms in total. The molecule has 0 unspecified atom stereocenters. The van der Waals surface area contributed by atoms with Crippen LogP contribution in [0, 0.1) is 5.92 Å². The van der Waals surface area contributed by atoms with Crippen LogP contribution in [0.2, 0.25) is 0 Å². The third-order valence-corrected chi connectivity index (χ3v) is 1.36. The highest BCUT2D eigenvalue weighted by atomic mass is 19.3. The quantitative estimate of drug-likeness (QED) is 0.549. The second kappa shape index (κ2) is 4.35. The van der Waals surface area contributed by atoms with E-state index in [1.807, 2.05) is 0 Å². The van der Waals surface area contributed by atoms with Crippen LogP contribution < -0.4 is 0 Å². The Bertz CT molecular complexity index is 214. The van der Waals surface area contributed by atoms with Gasteiger partial charge in [-0.3, -0.25) is 4.79 Å². The van der Waals surface area contributed by atoms with Gasteiger partial charge in [0.2, 0.25) is 0 Å². The van der Waals surface area contributed by atoms with Crippen LogP contribution in [0.3, 0.4) is 0 Å². The van der Waals surface area contributed by atoms with Gasteiger partial charge in [0.25, 0.3) is 0 Å². The maximum Gasteiger partial charge on any atom is 0.301 e. The third-order valence-electron chi connectivity index (χ3n) is 1.36. The minimum atomic E-state index is -3.33. The molecule has 4 heteroatoms. The van der Waals surface area contributed by atoms with E-state index in [0.717, 1.165) is 0 Å². The molecule has 0 aliphatic carbocycles. The first-order chi connectivity index (χ1) is 5.73. The van der Waals surface area contributed by atoms with E-state index in [1.54, 1.807) is 13.8 Å². The molecule has 0 saturated heterocycles. The van der Waals surface area contributed by atoms with Crippen LogP contribution in [0.25, 0.3) is 0 Å². The number of ketones is 1. The maximum absolute atomic E-state index is 12.3. The molecule has 76 valence electrons. The molecule has 0 bridgehead atoms. The van der Waals surface area contributed by atoms with Crippen LogP contribution in [0.5, 0.6) is 0 Å². The summed E-state index contributed by atoms with van der Waals surface area (Å²) in [7, 11) is 0. The highest BCUT2D eigenvalue weighted by Crippen LogP contribution is 2.20. The largest absolute Gasteiger partial charge is 0.506 e. The van der Waals surface area contributed by atoms with Gasteiger partial charge in [-0.15, -0.1) is 0 Å². The normalized spacial score (nSPS) is 13.5. The summed E-state index contributed by atoms with van der Waals surface area (Å²) >= 11 is 0. The summed E-state index contributed by atoms with van der Waals surface area (Å²) < 4.78 is 24.7. The lowest BCUT2D eigenvalue weighted by molar-refractivity contribution is -0.115. The molecule has 0 heterocycles. The Kier molecular flexibility index (Phi) is 4.04. The van der Waals surface area contributed by atoms with E-state index < -0.39 is 17.5 Å². The lowest BCUT2D eigenvalue weighted by Gasteiger charge is -2.08. The fourth-order valence-electron chi connectivity index (χ4n) is 0.741. The molecule has 13 heavy (non-hydrogen) atoms. The molecule has 0 aromatic heterocycles. The molecule has 0 spiro atoms. The van der Waals surface area contributed by atoms with Gasteiger partial charge >= 0.3 is 5.92 Å². The summed E-state index contributed by atoms with van der Waals surface area (Å²) in [4.78, 5) is 10.9. The van der Waals surface area contributed by atoms with E-state index in [0.29, 0.717) is 13.0 Å². The van der Waals surface area contributed by atoms with Crippen molar-refractivity contribution in [1.82, 2.24) is 0 Å². The van der Waals surface area contributed by atoms with Crippen LogP contribution in [0.1, 0.15) is 27.2 Å². The molecule has 0 fully saturated rings. The number of rotatable bonds is 4. The van der Waals surface area contributed by atoms with E-state index >= 15 is 0 Å². The predicted octanol–water partition coefficient (Wildman–Crippen LogP) is 2.70. The third kappa shape index (κ3) is 5.33. The number of allylic oxidation sites excluding steroid dienone is 2. The highest BCUT2D eigenvalue weighted by Gasteiger charge is 2.27. The standard InChI is InChI=1S/C9H14F2O2/c1-6(2)4-7(12)5-8(13)9(3,10)11/h5-6,13H,4H2,1-3H3. The van der Waals surface area contributed by atoms with Gasteiger partial charge in [-0.25, -0.2) is 0 Å². The smallest absolute Gasteiger partial charge is 0.301 e. The lowest BCUT2D eigenvalue weighted by Crippen LogP contribution is -2.15. The number of hydrogen-bond acceptors (Lipinski definition) is 2. The van der Waals surface area contributed by atoms with Crippen molar-refractivity contribution < 1.29 is 18.7 Å². The summed E-state index contributed by atoms with van der Waals surface area (Å²) in [5.41, 5.74) is 0. The minimum absolute atomic E-state index is 0.0991. The van der Waals surface area contributed by atoms with Gasteiger partial charge in [0.15, 0.2) is 11.5 Å². The van der Waals surface area contributed by atoms with E-state index in [1.165, 1.54) is 0 Å². The molecule has 0 aromatic rings. The molecule has 0 aliphatic rings. The van der Waals surface area contributed by atoms with E-state index in [2.05, 4.69) is 0 Å². The van der Waals surface area contributed by atoms with Gasteiger partial charge in [-0.1, -0.05) is 13.8 Å². The summed E-state index contributed by atoms with van der Waals surface area (Å²) in [6, 6.07) is 0. The molecule has 1 N–H and O–H groups in total. The number of carbonyl (C=O) groups excluding carboxylic acids is 1. The van der Waals surface area contributed by atoms with Gasteiger partial charge in [0.1, 0.15) is 0 Å². The summed E-state index contributed by atoms with van der Waals surface area (Å²) in [6.45, 7) is 4.14. The van der Waals surface area contributed by atoms with Crippen molar-refractivity contribution >= 4 is 5.78 Å². The Morgan fingerprint density at radius 1 is 1.54 bits per heavy atom. The number of alkyl halides is 2. The Morgan fingerprint density at radius 3 is 2.31 bits per heavy atom. The van der Waals surface area contributed by atoms with Crippen LogP contribution in [-0.2, 0) is 4.79 Å². The fourth-order valence-corrected chi connectivity index (χ4v) is 0.741. The zero-order valence-corrected chi connectivity index (χ0v) is 7.97. The van der Waals surface area contributed by atoms with Crippen LogP contribution in [0.4, 0.5) is 8.78 Å². The van der Waals surface area contributed by atoms with Crippen molar-refractivity contribution in [3.05, 3.63) is 11.8 Å². The first kappa shape index (κ1) is 12.1. The van der Waals surface area contributed by atoms with Crippen molar-refractivity contribution in [2.75, 3.05) is 0 Å². The van der Waals surface area contributed by atoms with Crippen molar-refractivity contribution in [3.8, 4) is 0 Å². The van der Waals surface area contributed by atoms with E-state index in [-0.39, 0.29) is 12.3 Å². The number of aliphatic hydroxyl groups is 1. The number of carbonyl (C=O) groups is 1. The van der Waals surface area contributed by atoms with Crippen molar-refractivity contribution in [2.24, 2.45) is 5.92 Å². The lowest BCUT2D eigenvalue weighted by atomic mass is 10.1. The zero-order valence-electron chi connectivity index (χ0n) is 7.97. The zero-order chi connectivity index (χ0) is 10.6. The molecule has 0 amide bonds. The summed E-state index contributed by atoms with van der Waals surface area (Å²) in [5.74, 6) is -4.87. The molecule has 0 aromatic carbocycles. The molecule has 0 rings (SSSR count). The van der Waals surface area contributed by atoms with Gasteiger partial charge in [-0.05, 0) is 5.92 Å². The molecule has 0 aliphatic heterocycles. The van der Waals surface area contributed by atoms with Crippen molar-refractivity contribution in [2.45, 2.75) is 33.1 Å². The average molecular weight is 192 g/mol. The fraction of sp³-hybridized carbons (Fsp3) is 0.667. The number of halogens is 2. The minimum Gasteiger partial charge on any atom is -0.506 e. The first-order valence-corrected chi connectivity index (χ1v) is 4.05. The SMILES string of the molecule is CC(C)CC(=O)C=C(O)C(C)(F)F. The number of aliphatic hydroxyl groups excluding tert-OH is 1. The molecule has 0 saturated carbocycles. The van der Waals surface area contributed by atoms with Gasteiger partial charge in [0, 0.05) is 19.4 Å². The van der Waals surface area contributed by atoms with E-state index in [9.17, 15) is 13.6 Å². The monoisotopic (exact) mass is 192 g/mol. The molecule has 0 radical (unpaired) electrons. The predicted molar refractivity (Wildman–Crippen MR) is 45.8 cm³/mol. The first-order valence-electron chi connectivity index (χ1n) is 4.05. The van der Waals surface area contributed by atoms with Crippen molar-refractivity contribution in [3.63, 3.8) is 0 Å². The number of hydrogen-bond donors (Lipinski definition) is 1.